The van der Waals surface area contributed by atoms with Gasteiger partial charge in [0.05, 0.1) is 17.9 Å². The smallest absolute Gasteiger partial charge is 0.258 e. The van der Waals surface area contributed by atoms with Crippen LogP contribution in [0.4, 0.5) is 22.7 Å². The molecule has 3 aliphatic heterocycles. The third-order valence-corrected chi connectivity index (χ3v) is 7.43. The van der Waals surface area contributed by atoms with Gasteiger partial charge >= 0.3 is 0 Å². The van der Waals surface area contributed by atoms with E-state index in [1.165, 1.54) is 37.8 Å². The third kappa shape index (κ3) is 4.16. The fourth-order valence-corrected chi connectivity index (χ4v) is 5.42. The van der Waals surface area contributed by atoms with Gasteiger partial charge in [0.15, 0.2) is 0 Å². The molecule has 2 saturated heterocycles. The van der Waals surface area contributed by atoms with E-state index in [4.69, 9.17) is 5.73 Å². The van der Waals surface area contributed by atoms with Crippen LogP contribution in [0.15, 0.2) is 36.4 Å². The van der Waals surface area contributed by atoms with E-state index in [2.05, 4.69) is 34.6 Å². The quantitative estimate of drug-likeness (QED) is 0.616. The first-order valence-corrected chi connectivity index (χ1v) is 12.2. The second-order valence-electron chi connectivity index (χ2n) is 9.57. The van der Waals surface area contributed by atoms with Crippen LogP contribution in [0.5, 0.6) is 0 Å². The number of nitrogens with zero attached hydrogens (tertiary/aromatic N) is 2. The molecule has 1 unspecified atom stereocenters. The molecule has 0 aliphatic carbocycles. The van der Waals surface area contributed by atoms with Gasteiger partial charge in [-0.1, -0.05) is 0 Å². The van der Waals surface area contributed by atoms with Crippen LogP contribution in [0.1, 0.15) is 54.9 Å². The number of anilines is 4. The highest BCUT2D eigenvalue weighted by atomic mass is 16.2. The highest BCUT2D eigenvalue weighted by Gasteiger charge is 2.30. The first kappa shape index (κ1) is 21.1. The Morgan fingerprint density at radius 2 is 1.78 bits per heavy atom. The Morgan fingerprint density at radius 1 is 1.03 bits per heavy atom. The van der Waals surface area contributed by atoms with E-state index in [9.17, 15) is 4.79 Å². The van der Waals surface area contributed by atoms with Crippen LogP contribution in [0.25, 0.3) is 0 Å². The van der Waals surface area contributed by atoms with Gasteiger partial charge in [0.1, 0.15) is 0 Å². The lowest BCUT2D eigenvalue weighted by molar-refractivity contribution is 0.0996. The van der Waals surface area contributed by atoms with Gasteiger partial charge < -0.3 is 26.2 Å². The van der Waals surface area contributed by atoms with Crippen LogP contribution in [-0.2, 0) is 6.54 Å². The zero-order valence-corrected chi connectivity index (χ0v) is 19.1. The lowest BCUT2D eigenvalue weighted by Crippen LogP contribution is -2.36. The highest BCUT2D eigenvalue weighted by Crippen LogP contribution is 2.34. The summed E-state index contributed by atoms with van der Waals surface area (Å²) >= 11 is 0. The number of carbonyl (C=O) groups is 1. The fraction of sp³-hybridized carbons (Fsp3) is 0.500. The summed E-state index contributed by atoms with van der Waals surface area (Å²) in [4.78, 5) is 17.4. The summed E-state index contributed by atoms with van der Waals surface area (Å²) in [6.07, 6.45) is 6.19. The molecule has 0 saturated carbocycles. The van der Waals surface area contributed by atoms with Crippen molar-refractivity contribution in [1.29, 1.82) is 0 Å². The van der Waals surface area contributed by atoms with Gasteiger partial charge in [-0.25, -0.2) is 0 Å². The number of nitrogens with one attached hydrogen (secondary N) is 2. The average molecular weight is 434 g/mol. The molecule has 5 rings (SSSR count). The molecule has 4 N–H and O–H groups in total. The normalized spacial score (nSPS) is 20.3. The Bertz CT molecular complexity index is 978. The lowest BCUT2D eigenvalue weighted by atomic mass is 9.91. The van der Waals surface area contributed by atoms with Crippen LogP contribution in [-0.4, -0.2) is 38.1 Å². The predicted octanol–water partition coefficient (Wildman–Crippen LogP) is 4.22. The lowest BCUT2D eigenvalue weighted by Gasteiger charge is -2.30. The van der Waals surface area contributed by atoms with Crippen molar-refractivity contribution >= 4 is 28.7 Å². The number of hydrogen-bond donors (Lipinski definition) is 3. The summed E-state index contributed by atoms with van der Waals surface area (Å²) in [5.74, 6) is 0.715. The van der Waals surface area contributed by atoms with Crippen LogP contribution >= 0.6 is 0 Å². The van der Waals surface area contributed by atoms with Crippen molar-refractivity contribution in [3.05, 3.63) is 47.5 Å². The summed E-state index contributed by atoms with van der Waals surface area (Å²) < 4.78 is 0. The summed E-state index contributed by atoms with van der Waals surface area (Å²) in [5.41, 5.74) is 12.1. The summed E-state index contributed by atoms with van der Waals surface area (Å²) in [5, 5.41) is 7.03. The van der Waals surface area contributed by atoms with Crippen molar-refractivity contribution in [2.75, 3.05) is 47.0 Å². The predicted molar refractivity (Wildman–Crippen MR) is 133 cm³/mol. The van der Waals surface area contributed by atoms with Gasteiger partial charge in [0.25, 0.3) is 5.91 Å². The van der Waals surface area contributed by atoms with E-state index in [0.29, 0.717) is 24.2 Å². The van der Waals surface area contributed by atoms with Gasteiger partial charge in [0.2, 0.25) is 0 Å². The number of fused-ring (bicyclic) bond motifs is 1. The summed E-state index contributed by atoms with van der Waals surface area (Å²) in [6.45, 7) is 7.23. The van der Waals surface area contributed by atoms with Crippen molar-refractivity contribution in [2.24, 2.45) is 5.92 Å². The molecule has 170 valence electrons. The second kappa shape index (κ2) is 9.02. The summed E-state index contributed by atoms with van der Waals surface area (Å²) in [7, 11) is 0. The molecule has 0 aromatic heterocycles. The third-order valence-electron chi connectivity index (χ3n) is 7.43. The van der Waals surface area contributed by atoms with Gasteiger partial charge in [-0.15, -0.1) is 0 Å². The minimum atomic E-state index is 0.0633. The molecule has 6 heteroatoms. The van der Waals surface area contributed by atoms with E-state index in [-0.39, 0.29) is 5.91 Å². The molecule has 2 aromatic rings. The Hall–Kier alpha value is -2.73. The molecular weight excluding hydrogens is 398 g/mol. The largest absolute Gasteiger partial charge is 0.397 e. The van der Waals surface area contributed by atoms with Crippen LogP contribution in [0.2, 0.25) is 0 Å². The number of piperidine rings is 2. The molecule has 0 spiro atoms. The number of amides is 1. The zero-order chi connectivity index (χ0) is 22.1. The molecule has 3 heterocycles. The minimum absolute atomic E-state index is 0.0633. The molecule has 2 fully saturated rings. The fourth-order valence-electron chi connectivity index (χ4n) is 5.42. The molecule has 2 aromatic carbocycles. The van der Waals surface area contributed by atoms with E-state index in [0.717, 1.165) is 48.7 Å². The van der Waals surface area contributed by atoms with E-state index in [1.54, 1.807) is 0 Å². The van der Waals surface area contributed by atoms with E-state index < -0.39 is 0 Å². The van der Waals surface area contributed by atoms with Crippen LogP contribution in [0.3, 0.4) is 0 Å². The Labute approximate surface area is 191 Å². The Balaban J connectivity index is 1.30. The van der Waals surface area contributed by atoms with Gasteiger partial charge in [-0.2, -0.15) is 0 Å². The molecular formula is C26H35N5O. The molecule has 0 bridgehead atoms. The highest BCUT2D eigenvalue weighted by molar-refractivity contribution is 6.10. The van der Waals surface area contributed by atoms with E-state index >= 15 is 0 Å². The van der Waals surface area contributed by atoms with Crippen molar-refractivity contribution in [2.45, 2.75) is 51.6 Å². The molecule has 32 heavy (non-hydrogen) atoms. The number of carbonyl (C=O) groups excluding carboxylic acids is 1. The summed E-state index contributed by atoms with van der Waals surface area (Å²) in [6, 6.07) is 12.7. The Kier molecular flexibility index (Phi) is 5.96. The minimum Gasteiger partial charge on any atom is -0.397 e. The van der Waals surface area contributed by atoms with Gasteiger partial charge in [-0.05, 0) is 100.0 Å². The van der Waals surface area contributed by atoms with Crippen LogP contribution in [0, 0.1) is 5.92 Å². The number of nitrogens with two attached hydrogens (primary N) is 1. The topological polar surface area (TPSA) is 73.6 Å². The average Bonchev–Trinajstić information content (AvgIpc) is 3.17. The number of hydrogen-bond acceptors (Lipinski definition) is 5. The first-order valence-electron chi connectivity index (χ1n) is 12.2. The zero-order valence-electron chi connectivity index (χ0n) is 19.1. The number of nitrogen functional groups attached to an aromatic ring is 1. The Morgan fingerprint density at radius 3 is 2.53 bits per heavy atom. The molecule has 1 atom stereocenters. The number of benzene rings is 2. The SMILES string of the molecule is CC(Nc1ccc(N2Cc3cc(N4CCCCC4)ccc3C2=O)cc1N)C1CCNCC1. The van der Waals surface area contributed by atoms with Crippen LogP contribution < -0.4 is 26.2 Å². The molecule has 6 nitrogen and oxygen atoms in total. The van der Waals surface area contributed by atoms with Gasteiger partial charge in [0, 0.05) is 36.1 Å². The first-order chi connectivity index (χ1) is 15.6. The maximum absolute atomic E-state index is 13.1. The van der Waals surface area contributed by atoms with Crippen molar-refractivity contribution in [3.63, 3.8) is 0 Å². The van der Waals surface area contributed by atoms with Crippen molar-refractivity contribution < 1.29 is 4.79 Å². The second-order valence-corrected chi connectivity index (χ2v) is 9.57. The maximum Gasteiger partial charge on any atom is 0.258 e. The number of rotatable bonds is 5. The monoisotopic (exact) mass is 433 g/mol. The maximum atomic E-state index is 13.1. The van der Waals surface area contributed by atoms with E-state index in [1.807, 2.05) is 29.2 Å². The van der Waals surface area contributed by atoms with Crippen molar-refractivity contribution in [3.8, 4) is 0 Å². The standard InChI is InChI=1S/C26H35N5O/c1-18(19-9-11-28-12-10-19)29-25-8-6-22(16-24(25)27)31-17-20-15-21(5-7-23(20)26(31)32)30-13-3-2-4-14-30/h5-8,15-16,18-19,28-29H,2-4,9-14,17,27H2,1H3. The van der Waals surface area contributed by atoms with Gasteiger partial charge in [-0.3, -0.25) is 4.79 Å². The van der Waals surface area contributed by atoms with Crippen molar-refractivity contribution in [1.82, 2.24) is 5.32 Å². The molecule has 3 aliphatic rings. The molecule has 0 radical (unpaired) electrons. The molecule has 1 amide bonds.